The molecule has 0 aliphatic heterocycles. The first-order valence-corrected chi connectivity index (χ1v) is 12.4. The molecule has 1 saturated carbocycles. The normalized spacial score (nSPS) is 22.1. The summed E-state index contributed by atoms with van der Waals surface area (Å²) in [6.45, 7) is 0. The number of carbonyl (C=O) groups excluding carboxylic acids is 1. The predicted molar refractivity (Wildman–Crippen MR) is 119 cm³/mol. The molecule has 8 heteroatoms. The van der Waals surface area contributed by atoms with Gasteiger partial charge in [0, 0.05) is 17.1 Å². The third kappa shape index (κ3) is 9.32. The lowest BCUT2D eigenvalue weighted by atomic mass is 9.86. The number of methoxy groups -OCH3 is 1. The molecule has 1 fully saturated rings. The second-order valence-electron chi connectivity index (χ2n) is 8.67. The molecular formula is C24H35F3O4S. The number of esters is 1. The highest BCUT2D eigenvalue weighted by Gasteiger charge is 2.34. The van der Waals surface area contributed by atoms with Crippen LogP contribution in [0.2, 0.25) is 0 Å². The number of thioether (sulfide) groups is 1. The van der Waals surface area contributed by atoms with Crippen molar-refractivity contribution >= 4 is 17.7 Å². The molecule has 1 aliphatic carbocycles. The molecule has 32 heavy (non-hydrogen) atoms. The van der Waals surface area contributed by atoms with Gasteiger partial charge in [-0.05, 0) is 62.1 Å². The van der Waals surface area contributed by atoms with Gasteiger partial charge in [-0.15, -0.1) is 11.8 Å². The number of hydrogen-bond acceptors (Lipinski definition) is 5. The third-order valence-corrected chi connectivity index (χ3v) is 7.44. The average molecular weight is 477 g/mol. The zero-order valence-corrected chi connectivity index (χ0v) is 19.5. The van der Waals surface area contributed by atoms with Gasteiger partial charge >= 0.3 is 12.1 Å². The number of aliphatic hydroxyl groups is 2. The fourth-order valence-corrected chi connectivity index (χ4v) is 5.40. The third-order valence-electron chi connectivity index (χ3n) is 6.30. The zero-order chi connectivity index (χ0) is 23.6. The van der Waals surface area contributed by atoms with Gasteiger partial charge in [0.2, 0.25) is 0 Å². The van der Waals surface area contributed by atoms with E-state index in [-0.39, 0.29) is 18.0 Å². The number of alkyl halides is 3. The van der Waals surface area contributed by atoms with Gasteiger partial charge < -0.3 is 14.9 Å². The molecule has 2 N–H and O–H groups in total. The van der Waals surface area contributed by atoms with Crippen LogP contribution in [0.5, 0.6) is 0 Å². The lowest BCUT2D eigenvalue weighted by Crippen LogP contribution is -2.22. The van der Waals surface area contributed by atoms with Crippen molar-refractivity contribution in [1.82, 2.24) is 0 Å². The summed E-state index contributed by atoms with van der Waals surface area (Å²) < 4.78 is 43.1. The SMILES string of the molecule is COC(=O)CCCCCCC1CC[C@@H](O)C1CCC(O)CSc1cccc(C(F)(F)F)c1. The van der Waals surface area contributed by atoms with Crippen molar-refractivity contribution in [3.05, 3.63) is 29.8 Å². The molecule has 182 valence electrons. The monoisotopic (exact) mass is 476 g/mol. The molecule has 2 rings (SSSR count). The molecule has 0 radical (unpaired) electrons. The predicted octanol–water partition coefficient (Wildman–Crippen LogP) is 5.84. The summed E-state index contributed by atoms with van der Waals surface area (Å²) in [6, 6.07) is 5.15. The smallest absolute Gasteiger partial charge is 0.416 e. The maximum atomic E-state index is 12.8. The van der Waals surface area contributed by atoms with Crippen LogP contribution in [0.1, 0.15) is 69.8 Å². The Balaban J connectivity index is 1.69. The van der Waals surface area contributed by atoms with Gasteiger partial charge in [0.25, 0.3) is 0 Å². The minimum atomic E-state index is -4.37. The first-order valence-electron chi connectivity index (χ1n) is 11.4. The van der Waals surface area contributed by atoms with Gasteiger partial charge in [-0.2, -0.15) is 13.2 Å². The molecule has 1 aromatic carbocycles. The molecular weight excluding hydrogens is 441 g/mol. The van der Waals surface area contributed by atoms with Crippen molar-refractivity contribution in [2.75, 3.05) is 12.9 Å². The highest BCUT2D eigenvalue weighted by molar-refractivity contribution is 7.99. The van der Waals surface area contributed by atoms with E-state index in [1.165, 1.54) is 24.9 Å². The molecule has 0 saturated heterocycles. The molecule has 3 unspecified atom stereocenters. The minimum absolute atomic E-state index is 0.165. The van der Waals surface area contributed by atoms with Crippen molar-refractivity contribution in [2.24, 2.45) is 11.8 Å². The maximum absolute atomic E-state index is 12.8. The maximum Gasteiger partial charge on any atom is 0.416 e. The Labute approximate surface area is 192 Å². The van der Waals surface area contributed by atoms with E-state index in [9.17, 15) is 28.2 Å². The summed E-state index contributed by atoms with van der Waals surface area (Å²) in [5.41, 5.74) is -0.681. The van der Waals surface area contributed by atoms with Crippen LogP contribution in [0, 0.1) is 11.8 Å². The van der Waals surface area contributed by atoms with Crippen LogP contribution in [0.25, 0.3) is 0 Å². The van der Waals surface area contributed by atoms with Crippen LogP contribution in [0.4, 0.5) is 13.2 Å². The molecule has 0 aromatic heterocycles. The fourth-order valence-electron chi connectivity index (χ4n) is 4.47. The molecule has 0 amide bonds. The first-order chi connectivity index (χ1) is 15.2. The topological polar surface area (TPSA) is 66.8 Å². The minimum Gasteiger partial charge on any atom is -0.469 e. The first kappa shape index (κ1) is 27.0. The number of aliphatic hydroxyl groups excluding tert-OH is 2. The van der Waals surface area contributed by atoms with E-state index in [2.05, 4.69) is 4.74 Å². The summed E-state index contributed by atoms with van der Waals surface area (Å²) in [7, 11) is 1.40. The Morgan fingerprint density at radius 1 is 1.19 bits per heavy atom. The van der Waals surface area contributed by atoms with E-state index in [1.54, 1.807) is 6.07 Å². The number of hydrogen-bond donors (Lipinski definition) is 2. The molecule has 4 atom stereocenters. The van der Waals surface area contributed by atoms with Crippen molar-refractivity contribution in [2.45, 2.75) is 87.5 Å². The Hall–Kier alpha value is -1.25. The quantitative estimate of drug-likeness (QED) is 0.213. The second kappa shape index (κ2) is 13.5. The number of benzene rings is 1. The van der Waals surface area contributed by atoms with Gasteiger partial charge in [0.1, 0.15) is 0 Å². The molecule has 1 aliphatic rings. The van der Waals surface area contributed by atoms with E-state index >= 15 is 0 Å². The average Bonchev–Trinajstić information content (AvgIpc) is 3.11. The fraction of sp³-hybridized carbons (Fsp3) is 0.708. The molecule has 0 heterocycles. The van der Waals surface area contributed by atoms with Crippen LogP contribution in [-0.4, -0.2) is 41.3 Å². The molecule has 4 nitrogen and oxygen atoms in total. The van der Waals surface area contributed by atoms with Gasteiger partial charge in [-0.3, -0.25) is 4.79 Å². The van der Waals surface area contributed by atoms with Crippen molar-refractivity contribution in [3.63, 3.8) is 0 Å². The van der Waals surface area contributed by atoms with Gasteiger partial charge in [0.05, 0.1) is 24.9 Å². The van der Waals surface area contributed by atoms with Crippen LogP contribution >= 0.6 is 11.8 Å². The largest absolute Gasteiger partial charge is 0.469 e. The Kier molecular flexibility index (Phi) is 11.4. The van der Waals surface area contributed by atoms with Gasteiger partial charge in [-0.25, -0.2) is 0 Å². The highest BCUT2D eigenvalue weighted by atomic mass is 32.2. The summed E-state index contributed by atoms with van der Waals surface area (Å²) in [5, 5.41) is 20.7. The van der Waals surface area contributed by atoms with Crippen molar-refractivity contribution in [3.8, 4) is 0 Å². The van der Waals surface area contributed by atoms with E-state index in [4.69, 9.17) is 0 Å². The van der Waals surface area contributed by atoms with E-state index in [1.807, 2.05) is 0 Å². The lowest BCUT2D eigenvalue weighted by molar-refractivity contribution is -0.140. The Morgan fingerprint density at radius 2 is 1.94 bits per heavy atom. The summed E-state index contributed by atoms with van der Waals surface area (Å²) in [4.78, 5) is 11.6. The Morgan fingerprint density at radius 3 is 2.66 bits per heavy atom. The standard InChI is InChI=1S/C24H35F3O4S/c1-31-23(30)10-5-3-2-4-7-17-11-14-22(29)21(17)13-12-19(28)16-32-20-9-6-8-18(15-20)24(25,26)27/h6,8-9,15,17,19,21-22,28-29H,2-5,7,10-14,16H2,1H3/t17?,19?,21?,22-/m1/s1. The zero-order valence-electron chi connectivity index (χ0n) is 18.7. The Bertz CT molecular complexity index is 698. The van der Waals surface area contributed by atoms with E-state index in [0.717, 1.165) is 63.5 Å². The molecule has 1 aromatic rings. The van der Waals surface area contributed by atoms with Crippen molar-refractivity contribution < 1.29 is 32.9 Å². The number of halogens is 3. The van der Waals surface area contributed by atoms with Crippen LogP contribution in [0.3, 0.4) is 0 Å². The molecule has 0 bridgehead atoms. The second-order valence-corrected chi connectivity index (χ2v) is 9.76. The van der Waals surface area contributed by atoms with Crippen molar-refractivity contribution in [1.29, 1.82) is 0 Å². The summed E-state index contributed by atoms with van der Waals surface area (Å²) in [6.07, 6.45) is 3.10. The number of unbranched alkanes of at least 4 members (excludes halogenated alkanes) is 3. The summed E-state index contributed by atoms with van der Waals surface area (Å²) >= 11 is 1.22. The number of rotatable bonds is 13. The van der Waals surface area contributed by atoms with Gasteiger partial charge in [-0.1, -0.05) is 31.7 Å². The molecule has 0 spiro atoms. The number of ether oxygens (including phenoxy) is 1. The van der Waals surface area contributed by atoms with Crippen LogP contribution in [0.15, 0.2) is 29.2 Å². The van der Waals surface area contributed by atoms with E-state index in [0.29, 0.717) is 29.4 Å². The van der Waals surface area contributed by atoms with E-state index < -0.39 is 17.8 Å². The highest BCUT2D eigenvalue weighted by Crippen LogP contribution is 2.39. The summed E-state index contributed by atoms with van der Waals surface area (Å²) in [5.74, 6) is 0.760. The van der Waals surface area contributed by atoms with Crippen LogP contribution in [-0.2, 0) is 15.7 Å². The number of carbonyl (C=O) groups is 1. The van der Waals surface area contributed by atoms with Crippen LogP contribution < -0.4 is 0 Å². The van der Waals surface area contributed by atoms with Gasteiger partial charge in [0.15, 0.2) is 0 Å². The lowest BCUT2D eigenvalue weighted by Gasteiger charge is -2.23.